The predicted octanol–water partition coefficient (Wildman–Crippen LogP) is 5.97. The third-order valence-electron chi connectivity index (χ3n) is 3.32. The first-order chi connectivity index (χ1) is 12.5. The van der Waals surface area contributed by atoms with Gasteiger partial charge in [0, 0.05) is 0 Å². The van der Waals surface area contributed by atoms with Crippen LogP contribution in [0.3, 0.4) is 0 Å². The first kappa shape index (κ1) is 23.6. The van der Waals surface area contributed by atoms with Gasteiger partial charge >= 0.3 is 7.12 Å². The highest BCUT2D eigenvalue weighted by Gasteiger charge is 1.93. The van der Waals surface area contributed by atoms with Crippen LogP contribution >= 0.6 is 0 Å². The smallest absolute Gasteiger partial charge is 0.427 e. The Bertz CT molecular complexity index is 740. The molecule has 2 nitrogen and oxygen atoms in total. The summed E-state index contributed by atoms with van der Waals surface area (Å²) in [6.07, 6.45) is 11.1. The molecule has 0 unspecified atom stereocenters. The van der Waals surface area contributed by atoms with Crippen molar-refractivity contribution in [3.63, 3.8) is 0 Å². The number of rotatable bonds is 2. The van der Waals surface area contributed by atoms with Crippen LogP contribution in [0.5, 0.6) is 0 Å². The van der Waals surface area contributed by atoms with Crippen LogP contribution < -0.4 is 0 Å². The van der Waals surface area contributed by atoms with E-state index in [4.69, 9.17) is 10.0 Å². The van der Waals surface area contributed by atoms with E-state index in [1.54, 1.807) is 0 Å². The average Bonchev–Trinajstić information content (AvgIpc) is 3.17. The van der Waals surface area contributed by atoms with Crippen molar-refractivity contribution in [2.24, 2.45) is 0 Å². The van der Waals surface area contributed by atoms with Crippen LogP contribution in [-0.2, 0) is 0 Å². The van der Waals surface area contributed by atoms with E-state index < -0.39 is 7.12 Å². The Morgan fingerprint density at radius 3 is 2.00 bits per heavy atom. The Labute approximate surface area is 159 Å². The van der Waals surface area contributed by atoms with Crippen molar-refractivity contribution in [3.05, 3.63) is 90.6 Å². The van der Waals surface area contributed by atoms with E-state index in [0.29, 0.717) is 0 Å². The van der Waals surface area contributed by atoms with E-state index in [2.05, 4.69) is 74.7 Å². The van der Waals surface area contributed by atoms with Crippen LogP contribution in [0.1, 0.15) is 31.4 Å². The van der Waals surface area contributed by atoms with Gasteiger partial charge in [0.2, 0.25) is 0 Å². The molecular weight excluding hydrogens is 319 g/mol. The molecule has 0 heterocycles. The predicted molar refractivity (Wildman–Crippen MR) is 118 cm³/mol. The zero-order valence-corrected chi connectivity index (χ0v) is 16.4. The van der Waals surface area contributed by atoms with Crippen LogP contribution in [0.15, 0.2) is 79.4 Å². The number of benzene rings is 2. The van der Waals surface area contributed by atoms with Crippen LogP contribution in [-0.4, -0.2) is 17.2 Å². The van der Waals surface area contributed by atoms with Gasteiger partial charge in [0.15, 0.2) is 0 Å². The first-order valence-corrected chi connectivity index (χ1v) is 8.93. The van der Waals surface area contributed by atoms with E-state index in [1.165, 1.54) is 34.3 Å². The van der Waals surface area contributed by atoms with Crippen molar-refractivity contribution in [1.29, 1.82) is 0 Å². The molecule has 0 spiro atoms. The van der Waals surface area contributed by atoms with Crippen LogP contribution in [0, 0.1) is 6.92 Å². The number of allylic oxidation sites excluding steroid dienone is 5. The summed E-state index contributed by atoms with van der Waals surface area (Å²) in [6, 6.07) is 12.9. The summed E-state index contributed by atoms with van der Waals surface area (Å²) in [5.41, 5.74) is 3.80. The van der Waals surface area contributed by atoms with Gasteiger partial charge in [-0.1, -0.05) is 93.3 Å². The summed E-state index contributed by atoms with van der Waals surface area (Å²) < 4.78 is 0. The molecule has 26 heavy (non-hydrogen) atoms. The van der Waals surface area contributed by atoms with Crippen molar-refractivity contribution in [1.82, 2.24) is 0 Å². The standard InChI is InChI=1S/C13H12.C7H8.C2H6.CH5BO2/c1-3-11-5-7-12-8-10(2)4-6-13(12)9-11;1-2-7-5-3-4-6-7;1-2;1-2(3)4/h3-9H,1H2,2H3;2-5H,1,6H2;1-2H3;3-4H,1H3. The Kier molecular flexibility index (Phi) is 12.6. The van der Waals surface area contributed by atoms with Gasteiger partial charge in [-0.05, 0) is 48.1 Å². The minimum Gasteiger partial charge on any atom is -0.427 e. The summed E-state index contributed by atoms with van der Waals surface area (Å²) in [6.45, 7) is 14.8. The fraction of sp³-hybridized carbons (Fsp3) is 0.217. The largest absolute Gasteiger partial charge is 0.448 e. The van der Waals surface area contributed by atoms with Crippen LogP contribution in [0.25, 0.3) is 16.8 Å². The third-order valence-corrected chi connectivity index (χ3v) is 3.32. The van der Waals surface area contributed by atoms with E-state index in [0.717, 1.165) is 6.42 Å². The molecule has 0 saturated heterocycles. The number of hydrogen-bond acceptors (Lipinski definition) is 2. The van der Waals surface area contributed by atoms with Crippen molar-refractivity contribution in [2.75, 3.05) is 0 Å². The molecule has 0 bridgehead atoms. The molecule has 0 fully saturated rings. The number of aryl methyl sites for hydroxylation is 1. The fourth-order valence-corrected chi connectivity index (χ4v) is 2.13. The molecule has 2 aromatic carbocycles. The maximum absolute atomic E-state index is 7.61. The van der Waals surface area contributed by atoms with Gasteiger partial charge in [0.05, 0.1) is 0 Å². The summed E-state index contributed by atoms with van der Waals surface area (Å²) in [5.74, 6) is 0. The Hall–Kier alpha value is -2.36. The van der Waals surface area contributed by atoms with Crippen molar-refractivity contribution < 1.29 is 10.0 Å². The van der Waals surface area contributed by atoms with Crippen LogP contribution in [0.4, 0.5) is 0 Å². The van der Waals surface area contributed by atoms with E-state index >= 15 is 0 Å². The third kappa shape index (κ3) is 9.82. The molecule has 0 saturated carbocycles. The van der Waals surface area contributed by atoms with Crippen molar-refractivity contribution >= 4 is 24.0 Å². The molecule has 0 radical (unpaired) electrons. The van der Waals surface area contributed by atoms with Gasteiger partial charge in [-0.3, -0.25) is 0 Å². The minimum absolute atomic E-state index is 1.07. The molecule has 0 aromatic heterocycles. The Morgan fingerprint density at radius 2 is 1.54 bits per heavy atom. The van der Waals surface area contributed by atoms with Crippen molar-refractivity contribution in [3.8, 4) is 0 Å². The summed E-state index contributed by atoms with van der Waals surface area (Å²) in [5, 5.41) is 17.8. The zero-order chi connectivity index (χ0) is 19.9. The second-order valence-corrected chi connectivity index (χ2v) is 5.52. The highest BCUT2D eigenvalue weighted by Crippen LogP contribution is 2.17. The molecule has 3 heteroatoms. The Morgan fingerprint density at radius 1 is 0.962 bits per heavy atom. The molecule has 0 aliphatic heterocycles. The zero-order valence-electron chi connectivity index (χ0n) is 16.4. The molecule has 0 amide bonds. The van der Waals surface area contributed by atoms with E-state index in [9.17, 15) is 0 Å². The molecule has 2 N–H and O–H groups in total. The van der Waals surface area contributed by atoms with Gasteiger partial charge in [-0.2, -0.15) is 0 Å². The number of fused-ring (bicyclic) bond motifs is 1. The van der Waals surface area contributed by atoms with Crippen molar-refractivity contribution in [2.45, 2.75) is 34.0 Å². The van der Waals surface area contributed by atoms with Gasteiger partial charge in [-0.15, -0.1) is 0 Å². The van der Waals surface area contributed by atoms with Gasteiger partial charge in [-0.25, -0.2) is 0 Å². The molecular formula is C23H31BO2. The molecule has 3 rings (SSSR count). The van der Waals surface area contributed by atoms with E-state index in [1.807, 2.05) is 26.0 Å². The number of hydrogen-bond donors (Lipinski definition) is 2. The molecule has 1 aliphatic carbocycles. The minimum atomic E-state index is -1.17. The fourth-order valence-electron chi connectivity index (χ4n) is 2.13. The highest BCUT2D eigenvalue weighted by molar-refractivity contribution is 6.38. The van der Waals surface area contributed by atoms with Gasteiger partial charge < -0.3 is 10.0 Å². The second-order valence-electron chi connectivity index (χ2n) is 5.52. The normalized spacial score (nSPS) is 10.9. The van der Waals surface area contributed by atoms with Gasteiger partial charge in [0.25, 0.3) is 0 Å². The lowest BCUT2D eigenvalue weighted by Gasteiger charge is -2.00. The SMILES string of the molecule is C=CC1=CC=CC1.C=Cc1ccc2cc(C)ccc2c1.CB(O)O.CC. The maximum atomic E-state index is 7.61. The summed E-state index contributed by atoms with van der Waals surface area (Å²) in [7, 11) is -1.17. The molecule has 138 valence electrons. The van der Waals surface area contributed by atoms with Crippen LogP contribution in [0.2, 0.25) is 6.82 Å². The van der Waals surface area contributed by atoms with Gasteiger partial charge in [0.1, 0.15) is 0 Å². The van der Waals surface area contributed by atoms with E-state index in [-0.39, 0.29) is 0 Å². The monoisotopic (exact) mass is 350 g/mol. The second kappa shape index (κ2) is 13.9. The summed E-state index contributed by atoms with van der Waals surface area (Å²) >= 11 is 0. The lowest BCUT2D eigenvalue weighted by Crippen LogP contribution is -2.00. The lowest BCUT2D eigenvalue weighted by atomic mass is 9.99. The Balaban J connectivity index is 0.000000406. The quantitative estimate of drug-likeness (QED) is 0.656. The molecule has 1 aliphatic rings. The highest BCUT2D eigenvalue weighted by atomic mass is 16.4. The topological polar surface area (TPSA) is 40.5 Å². The lowest BCUT2D eigenvalue weighted by molar-refractivity contribution is 0.417. The summed E-state index contributed by atoms with van der Waals surface area (Å²) in [4.78, 5) is 0. The molecule has 0 atom stereocenters. The average molecular weight is 350 g/mol. The maximum Gasteiger partial charge on any atom is 0.448 e. The first-order valence-electron chi connectivity index (χ1n) is 8.93. The molecule has 2 aromatic rings.